The van der Waals surface area contributed by atoms with Gasteiger partial charge in [-0.1, -0.05) is 0 Å². The third-order valence-electron chi connectivity index (χ3n) is 4.69. The molecule has 0 saturated carbocycles. The van der Waals surface area contributed by atoms with Crippen molar-refractivity contribution in [3.8, 4) is 6.07 Å². The number of aromatic nitrogens is 2. The average Bonchev–Trinajstić information content (AvgIpc) is 3.15. The number of H-pyrrole nitrogens is 1. The van der Waals surface area contributed by atoms with Crippen LogP contribution in [-0.4, -0.2) is 46.8 Å². The molecule has 1 saturated heterocycles. The summed E-state index contributed by atoms with van der Waals surface area (Å²) >= 11 is 0. The number of hydrogen-bond acceptors (Lipinski definition) is 6. The lowest BCUT2D eigenvalue weighted by atomic mass is 9.92. The highest BCUT2D eigenvalue weighted by atomic mass is 16.1. The number of piperidine rings is 1. The highest BCUT2D eigenvalue weighted by Crippen LogP contribution is 2.28. The Labute approximate surface area is 151 Å². The fourth-order valence-electron chi connectivity index (χ4n) is 3.32. The summed E-state index contributed by atoms with van der Waals surface area (Å²) in [7, 11) is 1.58. The molecule has 1 aliphatic heterocycles. The number of fused-ring (bicyclic) bond motifs is 1. The van der Waals surface area contributed by atoms with Gasteiger partial charge in [0.05, 0.1) is 17.3 Å². The number of rotatable bonds is 6. The summed E-state index contributed by atoms with van der Waals surface area (Å²) in [6.07, 6.45) is 5.60. The van der Waals surface area contributed by atoms with E-state index in [0.29, 0.717) is 29.9 Å². The zero-order valence-corrected chi connectivity index (χ0v) is 14.7. The molecule has 8 nitrogen and oxygen atoms in total. The second kappa shape index (κ2) is 7.97. The molecular weight excluding hydrogens is 332 g/mol. The summed E-state index contributed by atoms with van der Waals surface area (Å²) < 4.78 is 0. The summed E-state index contributed by atoms with van der Waals surface area (Å²) in [6, 6.07) is 3.90. The van der Waals surface area contributed by atoms with Crippen molar-refractivity contribution in [3.63, 3.8) is 0 Å². The van der Waals surface area contributed by atoms with Crippen LogP contribution in [0.3, 0.4) is 0 Å². The normalized spacial score (nSPS) is 17.6. The van der Waals surface area contributed by atoms with Gasteiger partial charge in [-0.25, -0.2) is 9.99 Å². The predicted octanol–water partition coefficient (Wildman–Crippen LogP) is 1.83. The molecule has 0 aliphatic carbocycles. The van der Waals surface area contributed by atoms with E-state index < -0.39 is 0 Å². The minimum Gasteiger partial charge on any atom is -0.355 e. The fourth-order valence-corrected chi connectivity index (χ4v) is 3.32. The van der Waals surface area contributed by atoms with Gasteiger partial charge < -0.3 is 15.7 Å². The van der Waals surface area contributed by atoms with Crippen molar-refractivity contribution < 1.29 is 9.59 Å². The van der Waals surface area contributed by atoms with E-state index in [1.807, 2.05) is 17.1 Å². The van der Waals surface area contributed by atoms with Gasteiger partial charge in [-0.2, -0.15) is 5.26 Å². The third-order valence-corrected chi connectivity index (χ3v) is 4.69. The lowest BCUT2D eigenvalue weighted by Crippen LogP contribution is -2.42. The molecule has 1 amide bonds. The molecule has 2 aromatic heterocycles. The number of carbonyl (C=O) groups excluding carboxylic acids is 2. The highest BCUT2D eigenvalue weighted by Gasteiger charge is 2.26. The number of nitrogens with zero attached hydrogens (tertiary/aromatic N) is 3. The van der Waals surface area contributed by atoms with E-state index in [2.05, 4.69) is 20.7 Å². The number of nitriles is 1. The monoisotopic (exact) mass is 354 g/mol. The van der Waals surface area contributed by atoms with Crippen molar-refractivity contribution in [2.45, 2.75) is 25.7 Å². The second-order valence-electron chi connectivity index (χ2n) is 6.39. The summed E-state index contributed by atoms with van der Waals surface area (Å²) in [4.78, 5) is 31.8. The van der Waals surface area contributed by atoms with Crippen LogP contribution >= 0.6 is 0 Å². The molecule has 0 unspecified atom stereocenters. The van der Waals surface area contributed by atoms with Crippen molar-refractivity contribution in [2.75, 3.05) is 25.6 Å². The summed E-state index contributed by atoms with van der Waals surface area (Å²) in [5.74, 6) is -0.176. The lowest BCUT2D eigenvalue weighted by Gasteiger charge is -2.33. The maximum atomic E-state index is 12.3. The molecule has 0 radical (unpaired) electrons. The van der Waals surface area contributed by atoms with Gasteiger partial charge >= 0.3 is 0 Å². The van der Waals surface area contributed by atoms with Gasteiger partial charge in [0.25, 0.3) is 5.91 Å². The first-order chi connectivity index (χ1) is 12.6. The number of pyridine rings is 1. The van der Waals surface area contributed by atoms with Crippen molar-refractivity contribution in [2.24, 2.45) is 5.92 Å². The van der Waals surface area contributed by atoms with Gasteiger partial charge in [0, 0.05) is 56.7 Å². The van der Waals surface area contributed by atoms with Gasteiger partial charge in [-0.05, 0) is 18.9 Å². The van der Waals surface area contributed by atoms with Crippen molar-refractivity contribution in [1.82, 2.24) is 20.3 Å². The molecule has 0 aromatic carbocycles. The number of amides is 1. The molecule has 1 atom stereocenters. The molecule has 3 rings (SSSR count). The number of ketones is 1. The van der Waals surface area contributed by atoms with Gasteiger partial charge in [0.2, 0.25) is 0 Å². The molecular formula is C18H22N6O2. The predicted molar refractivity (Wildman–Crippen MR) is 97.3 cm³/mol. The number of hydrogen-bond donors (Lipinski definition) is 3. The largest absolute Gasteiger partial charge is 0.355 e. The maximum absolute atomic E-state index is 12.3. The van der Waals surface area contributed by atoms with Gasteiger partial charge in [0.15, 0.2) is 0 Å². The summed E-state index contributed by atoms with van der Waals surface area (Å²) in [6.45, 7) is 1.34. The number of nitrogens with one attached hydrogen (secondary N) is 3. The van der Waals surface area contributed by atoms with Gasteiger partial charge in [-0.3, -0.25) is 9.59 Å². The van der Waals surface area contributed by atoms with Crippen molar-refractivity contribution in [3.05, 3.63) is 24.0 Å². The first-order valence-electron chi connectivity index (χ1n) is 8.73. The van der Waals surface area contributed by atoms with E-state index in [4.69, 9.17) is 5.26 Å². The molecule has 0 spiro atoms. The molecule has 1 aliphatic rings. The number of aromatic amines is 1. The highest BCUT2D eigenvalue weighted by molar-refractivity contribution is 6.06. The van der Waals surface area contributed by atoms with E-state index in [9.17, 15) is 9.59 Å². The molecule has 2 aromatic rings. The number of Topliss-reactive ketones (excluding diaryl/α,β-unsaturated/α-hetero) is 1. The lowest BCUT2D eigenvalue weighted by molar-refractivity contribution is -0.124. The Morgan fingerprint density at radius 2 is 2.35 bits per heavy atom. The Hall–Kier alpha value is -2.92. The van der Waals surface area contributed by atoms with Gasteiger partial charge in [-0.15, -0.1) is 0 Å². The van der Waals surface area contributed by atoms with E-state index in [-0.39, 0.29) is 24.0 Å². The first-order valence-corrected chi connectivity index (χ1v) is 8.73. The molecule has 1 fully saturated rings. The van der Waals surface area contributed by atoms with Crippen LogP contribution in [0.1, 0.15) is 36.0 Å². The Bertz CT molecular complexity index is 853. The quantitative estimate of drug-likeness (QED) is 0.729. The van der Waals surface area contributed by atoms with Crippen LogP contribution in [0.2, 0.25) is 0 Å². The Morgan fingerprint density at radius 3 is 3.12 bits per heavy atom. The van der Waals surface area contributed by atoms with E-state index in [1.165, 1.54) is 0 Å². The zero-order chi connectivity index (χ0) is 18.5. The van der Waals surface area contributed by atoms with Crippen LogP contribution in [0.15, 0.2) is 18.5 Å². The molecule has 8 heteroatoms. The Balaban J connectivity index is 1.81. The SMILES string of the molecule is CNC(=O)c1cnc2[nH]ccc2c1NN1CCC[C@H](C(=O)CCC#N)C1. The second-order valence-corrected chi connectivity index (χ2v) is 6.39. The molecule has 3 heterocycles. The average molecular weight is 354 g/mol. The Morgan fingerprint density at radius 1 is 1.50 bits per heavy atom. The van der Waals surface area contributed by atoms with Crippen molar-refractivity contribution in [1.29, 1.82) is 5.26 Å². The van der Waals surface area contributed by atoms with E-state index in [0.717, 1.165) is 24.8 Å². The third kappa shape index (κ3) is 3.68. The van der Waals surface area contributed by atoms with Crippen LogP contribution in [-0.2, 0) is 4.79 Å². The molecule has 3 N–H and O–H groups in total. The summed E-state index contributed by atoms with van der Waals surface area (Å²) in [5.41, 5.74) is 5.16. The summed E-state index contributed by atoms with van der Waals surface area (Å²) in [5, 5.41) is 14.1. The number of anilines is 1. The van der Waals surface area contributed by atoms with E-state index >= 15 is 0 Å². The van der Waals surface area contributed by atoms with E-state index in [1.54, 1.807) is 19.4 Å². The number of hydrazine groups is 1. The smallest absolute Gasteiger partial charge is 0.254 e. The zero-order valence-electron chi connectivity index (χ0n) is 14.7. The standard InChI is InChI=1S/C18H22N6O2/c1-20-18(26)14-10-22-17-13(6-8-21-17)16(14)23-24-9-3-4-12(11-24)15(25)5-2-7-19/h6,8,10,12H,2-5,9,11H2,1H3,(H,20,26)(H2,21,22,23)/t12-/m0/s1. The van der Waals surface area contributed by atoms with Gasteiger partial charge in [0.1, 0.15) is 11.4 Å². The molecule has 0 bridgehead atoms. The molecule has 26 heavy (non-hydrogen) atoms. The van der Waals surface area contributed by atoms with Crippen LogP contribution in [0.25, 0.3) is 11.0 Å². The van der Waals surface area contributed by atoms with Crippen LogP contribution in [0.4, 0.5) is 5.69 Å². The topological polar surface area (TPSA) is 114 Å². The fraction of sp³-hybridized carbons (Fsp3) is 0.444. The minimum absolute atomic E-state index is 0.0865. The van der Waals surface area contributed by atoms with Crippen molar-refractivity contribution >= 4 is 28.4 Å². The first kappa shape index (κ1) is 17.9. The maximum Gasteiger partial charge on any atom is 0.254 e. The minimum atomic E-state index is -0.221. The molecule has 136 valence electrons. The van der Waals surface area contributed by atoms with Crippen LogP contribution < -0.4 is 10.7 Å². The van der Waals surface area contributed by atoms with Crippen LogP contribution in [0, 0.1) is 17.2 Å². The number of carbonyl (C=O) groups is 2. The van der Waals surface area contributed by atoms with Crippen LogP contribution in [0.5, 0.6) is 0 Å². The Kier molecular flexibility index (Phi) is 5.49.